The Bertz CT molecular complexity index is 1390. The van der Waals surface area contributed by atoms with Crippen LogP contribution in [0.4, 0.5) is 10.5 Å². The van der Waals surface area contributed by atoms with E-state index in [9.17, 15) is 19.2 Å². The first-order valence-corrected chi connectivity index (χ1v) is 13.2. The van der Waals surface area contributed by atoms with Gasteiger partial charge in [0.1, 0.15) is 11.1 Å². The quantitative estimate of drug-likeness (QED) is 0.487. The standard InChI is InChI=1S/C28H29ClN4O5/c29-20-5-7-21(8-6-20)31-28(37)33-13-9-18(10-14-33)26(35)32-15-11-22(12-16-32)30-25(34)23-17-19-3-1-2-4-24(19)38-27(23)36/h1-8,17-18,22H,9-16H2,(H,30,34)(H,31,37). The highest BCUT2D eigenvalue weighted by Gasteiger charge is 2.32. The van der Waals surface area contributed by atoms with Crippen LogP contribution >= 0.6 is 11.6 Å². The van der Waals surface area contributed by atoms with Crippen molar-refractivity contribution in [3.05, 3.63) is 75.6 Å². The summed E-state index contributed by atoms with van der Waals surface area (Å²) in [5.74, 6) is -0.482. The van der Waals surface area contributed by atoms with E-state index in [1.54, 1.807) is 53.4 Å². The summed E-state index contributed by atoms with van der Waals surface area (Å²) in [5, 5.41) is 7.08. The first-order valence-electron chi connectivity index (χ1n) is 12.8. The molecule has 0 atom stereocenters. The van der Waals surface area contributed by atoms with Crippen molar-refractivity contribution in [3.63, 3.8) is 0 Å². The third-order valence-electron chi connectivity index (χ3n) is 7.25. The monoisotopic (exact) mass is 536 g/mol. The number of anilines is 1. The van der Waals surface area contributed by atoms with Crippen LogP contribution in [0.25, 0.3) is 11.0 Å². The van der Waals surface area contributed by atoms with Gasteiger partial charge >= 0.3 is 11.7 Å². The van der Waals surface area contributed by atoms with Gasteiger partial charge in [0.25, 0.3) is 5.91 Å². The van der Waals surface area contributed by atoms with E-state index in [1.165, 1.54) is 0 Å². The summed E-state index contributed by atoms with van der Waals surface area (Å²) in [6.45, 7) is 2.09. The molecule has 2 N–H and O–H groups in total. The lowest BCUT2D eigenvalue weighted by Crippen LogP contribution is -2.50. The zero-order chi connectivity index (χ0) is 26.6. The van der Waals surface area contributed by atoms with Crippen LogP contribution in [0.5, 0.6) is 0 Å². The van der Waals surface area contributed by atoms with Crippen LogP contribution in [0.15, 0.2) is 63.8 Å². The fourth-order valence-corrected chi connectivity index (χ4v) is 5.18. The van der Waals surface area contributed by atoms with Gasteiger partial charge in [0.05, 0.1) is 0 Å². The molecule has 2 fully saturated rings. The maximum atomic E-state index is 13.1. The number of hydrogen-bond donors (Lipinski definition) is 2. The van der Waals surface area contributed by atoms with E-state index in [-0.39, 0.29) is 29.5 Å². The number of fused-ring (bicyclic) bond motifs is 1. The van der Waals surface area contributed by atoms with Crippen molar-refractivity contribution in [1.82, 2.24) is 15.1 Å². The Hall–Kier alpha value is -3.85. The highest BCUT2D eigenvalue weighted by Crippen LogP contribution is 2.23. The molecule has 0 bridgehead atoms. The molecule has 1 aromatic heterocycles. The number of urea groups is 1. The lowest BCUT2D eigenvalue weighted by atomic mass is 9.94. The number of likely N-dealkylation sites (tertiary alicyclic amines) is 2. The van der Waals surface area contributed by atoms with Crippen molar-refractivity contribution in [2.45, 2.75) is 31.7 Å². The van der Waals surface area contributed by atoms with Gasteiger partial charge in [0, 0.05) is 54.2 Å². The molecule has 5 rings (SSSR count). The molecule has 3 aromatic rings. The number of rotatable bonds is 4. The molecule has 0 saturated carbocycles. The average molecular weight is 537 g/mol. The Morgan fingerprint density at radius 3 is 2.24 bits per heavy atom. The summed E-state index contributed by atoms with van der Waals surface area (Å²) in [4.78, 5) is 54.3. The van der Waals surface area contributed by atoms with Crippen molar-refractivity contribution < 1.29 is 18.8 Å². The maximum absolute atomic E-state index is 13.1. The molecule has 2 aromatic carbocycles. The molecule has 0 radical (unpaired) electrons. The van der Waals surface area contributed by atoms with Crippen molar-refractivity contribution in [2.24, 2.45) is 5.92 Å². The lowest BCUT2D eigenvalue weighted by molar-refractivity contribution is -0.138. The minimum absolute atomic E-state index is 0.0194. The van der Waals surface area contributed by atoms with Crippen LogP contribution < -0.4 is 16.3 Å². The predicted octanol–water partition coefficient (Wildman–Crippen LogP) is 4.11. The van der Waals surface area contributed by atoms with Crippen molar-refractivity contribution in [2.75, 3.05) is 31.5 Å². The predicted molar refractivity (Wildman–Crippen MR) is 144 cm³/mol. The molecule has 2 aliphatic rings. The van der Waals surface area contributed by atoms with Crippen LogP contribution in [0.2, 0.25) is 5.02 Å². The second kappa shape index (κ2) is 11.3. The molecule has 38 heavy (non-hydrogen) atoms. The fourth-order valence-electron chi connectivity index (χ4n) is 5.05. The molecule has 10 heteroatoms. The van der Waals surface area contributed by atoms with Gasteiger partial charge in [0.2, 0.25) is 5.91 Å². The Morgan fingerprint density at radius 2 is 1.53 bits per heavy atom. The maximum Gasteiger partial charge on any atom is 0.349 e. The molecule has 2 aliphatic heterocycles. The highest BCUT2D eigenvalue weighted by molar-refractivity contribution is 6.30. The summed E-state index contributed by atoms with van der Waals surface area (Å²) in [6, 6.07) is 15.2. The first-order chi connectivity index (χ1) is 18.4. The van der Waals surface area contributed by atoms with Gasteiger partial charge in [-0.1, -0.05) is 29.8 Å². The number of hydrogen-bond acceptors (Lipinski definition) is 5. The smallest absolute Gasteiger partial charge is 0.349 e. The molecule has 2 saturated heterocycles. The first kappa shape index (κ1) is 25.8. The number of halogens is 1. The number of carbonyl (C=O) groups excluding carboxylic acids is 3. The minimum Gasteiger partial charge on any atom is -0.422 e. The van der Waals surface area contributed by atoms with Crippen LogP contribution in [-0.2, 0) is 4.79 Å². The second-order valence-electron chi connectivity index (χ2n) is 9.76. The van der Waals surface area contributed by atoms with Crippen molar-refractivity contribution in [1.29, 1.82) is 0 Å². The van der Waals surface area contributed by atoms with Gasteiger partial charge in [-0.15, -0.1) is 0 Å². The van der Waals surface area contributed by atoms with Crippen LogP contribution in [0.3, 0.4) is 0 Å². The summed E-state index contributed by atoms with van der Waals surface area (Å²) >= 11 is 5.89. The molecular weight excluding hydrogens is 508 g/mol. The molecule has 198 valence electrons. The van der Waals surface area contributed by atoms with Gasteiger partial charge in [-0.25, -0.2) is 9.59 Å². The summed E-state index contributed by atoms with van der Waals surface area (Å²) in [7, 11) is 0. The summed E-state index contributed by atoms with van der Waals surface area (Å²) in [6.07, 6.45) is 2.44. The van der Waals surface area contributed by atoms with Gasteiger partial charge < -0.3 is 24.9 Å². The summed E-state index contributed by atoms with van der Waals surface area (Å²) in [5.41, 5.74) is 0.430. The number of para-hydroxylation sites is 1. The normalized spacial score (nSPS) is 16.9. The molecule has 9 nitrogen and oxygen atoms in total. The molecule has 0 unspecified atom stereocenters. The van der Waals surface area contributed by atoms with E-state index in [0.717, 1.165) is 0 Å². The van der Waals surface area contributed by atoms with Crippen molar-refractivity contribution >= 4 is 46.1 Å². The average Bonchev–Trinajstić information content (AvgIpc) is 2.94. The van der Waals surface area contributed by atoms with E-state index in [4.69, 9.17) is 16.0 Å². The molecule has 0 aliphatic carbocycles. The van der Waals surface area contributed by atoms with Gasteiger partial charge in [0.15, 0.2) is 0 Å². The Labute approximate surface area is 224 Å². The van der Waals surface area contributed by atoms with E-state index in [0.29, 0.717) is 73.5 Å². The Morgan fingerprint density at radius 1 is 0.868 bits per heavy atom. The van der Waals surface area contributed by atoms with E-state index < -0.39 is 11.5 Å². The third-order valence-corrected chi connectivity index (χ3v) is 7.51. The Balaban J connectivity index is 1.08. The zero-order valence-corrected chi connectivity index (χ0v) is 21.6. The fraction of sp³-hybridized carbons (Fsp3) is 0.357. The highest BCUT2D eigenvalue weighted by atomic mass is 35.5. The third kappa shape index (κ3) is 5.83. The molecule has 4 amide bonds. The number of benzene rings is 2. The lowest BCUT2D eigenvalue weighted by Gasteiger charge is -2.37. The molecule has 0 spiro atoms. The number of nitrogens with one attached hydrogen (secondary N) is 2. The second-order valence-corrected chi connectivity index (χ2v) is 10.2. The number of piperidine rings is 2. The SMILES string of the molecule is O=C(NC1CCN(C(=O)C2CCN(C(=O)Nc3ccc(Cl)cc3)CC2)CC1)c1cc2ccccc2oc1=O. The summed E-state index contributed by atoms with van der Waals surface area (Å²) < 4.78 is 5.27. The topological polar surface area (TPSA) is 112 Å². The minimum atomic E-state index is -0.665. The molecule has 3 heterocycles. The van der Waals surface area contributed by atoms with Gasteiger partial charge in [-0.3, -0.25) is 9.59 Å². The van der Waals surface area contributed by atoms with Gasteiger partial charge in [-0.05, 0) is 62.1 Å². The van der Waals surface area contributed by atoms with Crippen molar-refractivity contribution in [3.8, 4) is 0 Å². The Kier molecular flexibility index (Phi) is 7.64. The van der Waals surface area contributed by atoms with Gasteiger partial charge in [-0.2, -0.15) is 0 Å². The number of amides is 4. The van der Waals surface area contributed by atoms with Crippen LogP contribution in [0.1, 0.15) is 36.0 Å². The zero-order valence-electron chi connectivity index (χ0n) is 20.8. The van der Waals surface area contributed by atoms with E-state index in [1.807, 2.05) is 11.0 Å². The number of carbonyl (C=O) groups is 3. The van der Waals surface area contributed by atoms with Crippen LogP contribution in [0, 0.1) is 5.92 Å². The van der Waals surface area contributed by atoms with Crippen LogP contribution in [-0.4, -0.2) is 59.9 Å². The largest absolute Gasteiger partial charge is 0.422 e. The van der Waals surface area contributed by atoms with E-state index >= 15 is 0 Å². The number of nitrogens with zero attached hydrogens (tertiary/aromatic N) is 2. The van der Waals surface area contributed by atoms with E-state index in [2.05, 4.69) is 10.6 Å². The molecular formula is C28H29ClN4O5.